The Hall–Kier alpha value is -1.36. The first-order chi connectivity index (χ1) is 10.2. The summed E-state index contributed by atoms with van der Waals surface area (Å²) in [6.07, 6.45) is 1.31. The average Bonchev–Trinajstić information content (AvgIpc) is 3.12. The number of nitrogens with one attached hydrogen (secondary N) is 1. The lowest BCUT2D eigenvalue weighted by Crippen LogP contribution is -2.16. The lowest BCUT2D eigenvalue weighted by molar-refractivity contribution is 0.254. The third-order valence-electron chi connectivity index (χ3n) is 3.99. The Morgan fingerprint density at radius 3 is 2.95 bits per heavy atom. The molecule has 1 aliphatic rings. The Balaban J connectivity index is 1.73. The highest BCUT2D eigenvalue weighted by Crippen LogP contribution is 2.37. The molecule has 0 spiro atoms. The van der Waals surface area contributed by atoms with Gasteiger partial charge in [0.15, 0.2) is 0 Å². The summed E-state index contributed by atoms with van der Waals surface area (Å²) in [5.74, 6) is 1.05. The minimum Gasteiger partial charge on any atom is -0.490 e. The Bertz CT molecular complexity index is 761. The van der Waals surface area contributed by atoms with Gasteiger partial charge in [-0.1, -0.05) is 12.1 Å². The van der Waals surface area contributed by atoms with Crippen LogP contribution >= 0.6 is 22.7 Å². The molecule has 0 fully saturated rings. The molecule has 0 aliphatic carbocycles. The Morgan fingerprint density at radius 2 is 2.14 bits per heavy atom. The van der Waals surface area contributed by atoms with Crippen molar-refractivity contribution in [3.8, 4) is 5.75 Å². The standard InChI is InChI=1S/C17H17NOS2/c1-10-7-12-8-11(3-4-13(12)19-10)17(18-2)16-9-15-14(21-16)5-6-20-15/h3-6,8-10,17-18H,7H2,1-2H3. The SMILES string of the molecule is CNC(c1ccc2c(c1)CC(C)O2)c1cc2sccc2s1. The molecule has 0 saturated heterocycles. The third kappa shape index (κ3) is 2.27. The summed E-state index contributed by atoms with van der Waals surface area (Å²) in [6.45, 7) is 2.13. The molecule has 1 aromatic carbocycles. The quantitative estimate of drug-likeness (QED) is 0.763. The van der Waals surface area contributed by atoms with E-state index in [-0.39, 0.29) is 6.04 Å². The molecular formula is C17H17NOS2. The summed E-state index contributed by atoms with van der Waals surface area (Å²) >= 11 is 3.70. The van der Waals surface area contributed by atoms with Crippen LogP contribution in [-0.2, 0) is 6.42 Å². The van der Waals surface area contributed by atoms with E-state index in [1.54, 1.807) is 0 Å². The molecule has 2 atom stereocenters. The van der Waals surface area contributed by atoms with Crippen LogP contribution in [0.15, 0.2) is 35.7 Å². The second kappa shape index (κ2) is 5.13. The molecule has 2 nitrogen and oxygen atoms in total. The number of benzene rings is 1. The van der Waals surface area contributed by atoms with Crippen molar-refractivity contribution < 1.29 is 4.74 Å². The highest BCUT2D eigenvalue weighted by Gasteiger charge is 2.22. The van der Waals surface area contributed by atoms with Gasteiger partial charge in [0.2, 0.25) is 0 Å². The lowest BCUT2D eigenvalue weighted by atomic mass is 10.0. The van der Waals surface area contributed by atoms with Crippen LogP contribution in [0.2, 0.25) is 0 Å². The number of rotatable bonds is 3. The minimum atomic E-state index is 0.260. The van der Waals surface area contributed by atoms with Gasteiger partial charge in [0.25, 0.3) is 0 Å². The van der Waals surface area contributed by atoms with Gasteiger partial charge in [-0.25, -0.2) is 0 Å². The first-order valence-electron chi connectivity index (χ1n) is 7.18. The predicted octanol–water partition coefficient (Wildman–Crippen LogP) is 4.60. The smallest absolute Gasteiger partial charge is 0.123 e. The molecule has 2 aromatic heterocycles. The Kier molecular flexibility index (Phi) is 3.25. The maximum Gasteiger partial charge on any atom is 0.123 e. The minimum absolute atomic E-state index is 0.260. The van der Waals surface area contributed by atoms with Gasteiger partial charge in [-0.05, 0) is 48.7 Å². The molecule has 1 N–H and O–H groups in total. The monoisotopic (exact) mass is 315 g/mol. The molecule has 108 valence electrons. The largest absolute Gasteiger partial charge is 0.490 e. The van der Waals surface area contributed by atoms with E-state index >= 15 is 0 Å². The van der Waals surface area contributed by atoms with E-state index in [4.69, 9.17) is 4.74 Å². The fraction of sp³-hybridized carbons (Fsp3) is 0.294. The molecule has 3 aromatic rings. The summed E-state index contributed by atoms with van der Waals surface area (Å²) in [7, 11) is 2.03. The summed E-state index contributed by atoms with van der Waals surface area (Å²) in [5.41, 5.74) is 2.65. The van der Waals surface area contributed by atoms with Gasteiger partial charge in [0, 0.05) is 20.7 Å². The molecule has 4 heteroatoms. The summed E-state index contributed by atoms with van der Waals surface area (Å²) < 4.78 is 8.57. The van der Waals surface area contributed by atoms with E-state index in [1.807, 2.05) is 29.7 Å². The fourth-order valence-electron chi connectivity index (χ4n) is 3.02. The van der Waals surface area contributed by atoms with Crippen molar-refractivity contribution in [3.05, 3.63) is 51.7 Å². The molecule has 3 heterocycles. The van der Waals surface area contributed by atoms with Crippen LogP contribution in [0.25, 0.3) is 9.40 Å². The van der Waals surface area contributed by atoms with Crippen molar-refractivity contribution in [2.24, 2.45) is 0 Å². The summed E-state index contributed by atoms with van der Waals surface area (Å²) in [4.78, 5) is 1.38. The zero-order valence-electron chi connectivity index (χ0n) is 12.1. The highest BCUT2D eigenvalue weighted by atomic mass is 32.1. The van der Waals surface area contributed by atoms with Crippen molar-refractivity contribution in [2.45, 2.75) is 25.5 Å². The number of hydrogen-bond acceptors (Lipinski definition) is 4. The van der Waals surface area contributed by atoms with E-state index in [2.05, 4.69) is 48.0 Å². The van der Waals surface area contributed by atoms with Crippen LogP contribution in [0.3, 0.4) is 0 Å². The van der Waals surface area contributed by atoms with Crippen LogP contribution in [0.5, 0.6) is 5.75 Å². The molecular weight excluding hydrogens is 298 g/mol. The van der Waals surface area contributed by atoms with Crippen LogP contribution in [0, 0.1) is 0 Å². The van der Waals surface area contributed by atoms with Crippen molar-refractivity contribution in [1.82, 2.24) is 5.32 Å². The highest BCUT2D eigenvalue weighted by molar-refractivity contribution is 7.27. The molecule has 0 amide bonds. The van der Waals surface area contributed by atoms with Crippen LogP contribution < -0.4 is 10.1 Å². The van der Waals surface area contributed by atoms with Crippen LogP contribution in [-0.4, -0.2) is 13.2 Å². The van der Waals surface area contributed by atoms with Gasteiger partial charge >= 0.3 is 0 Å². The van der Waals surface area contributed by atoms with Gasteiger partial charge in [-0.3, -0.25) is 0 Å². The van der Waals surface area contributed by atoms with Gasteiger partial charge in [0.1, 0.15) is 11.9 Å². The van der Waals surface area contributed by atoms with Crippen molar-refractivity contribution in [3.63, 3.8) is 0 Å². The van der Waals surface area contributed by atoms with E-state index in [9.17, 15) is 0 Å². The average molecular weight is 315 g/mol. The van der Waals surface area contributed by atoms with Crippen molar-refractivity contribution in [2.75, 3.05) is 7.05 Å². The maximum absolute atomic E-state index is 5.80. The predicted molar refractivity (Wildman–Crippen MR) is 90.8 cm³/mol. The first-order valence-corrected chi connectivity index (χ1v) is 8.88. The Morgan fingerprint density at radius 1 is 1.24 bits per heavy atom. The van der Waals surface area contributed by atoms with E-state index in [1.165, 1.54) is 25.4 Å². The van der Waals surface area contributed by atoms with Crippen LogP contribution in [0.1, 0.15) is 29.0 Å². The van der Waals surface area contributed by atoms with Crippen molar-refractivity contribution >= 4 is 32.1 Å². The second-order valence-electron chi connectivity index (χ2n) is 5.52. The fourth-order valence-corrected chi connectivity index (χ4v) is 5.28. The summed E-state index contributed by atoms with van der Waals surface area (Å²) in [6, 6.07) is 11.4. The number of fused-ring (bicyclic) bond motifs is 2. The molecule has 21 heavy (non-hydrogen) atoms. The van der Waals surface area contributed by atoms with E-state index < -0.39 is 0 Å². The molecule has 0 saturated carbocycles. The zero-order valence-corrected chi connectivity index (χ0v) is 13.7. The zero-order chi connectivity index (χ0) is 14.4. The first kappa shape index (κ1) is 13.3. The van der Waals surface area contributed by atoms with Gasteiger partial charge in [0.05, 0.1) is 6.04 Å². The molecule has 0 radical (unpaired) electrons. The van der Waals surface area contributed by atoms with Gasteiger partial charge in [-0.15, -0.1) is 22.7 Å². The third-order valence-corrected chi connectivity index (χ3v) is 6.14. The molecule has 2 unspecified atom stereocenters. The van der Waals surface area contributed by atoms with Gasteiger partial charge < -0.3 is 10.1 Å². The molecule has 1 aliphatic heterocycles. The number of hydrogen-bond donors (Lipinski definition) is 1. The summed E-state index contributed by atoms with van der Waals surface area (Å²) in [5, 5.41) is 5.62. The number of thiophene rings is 2. The van der Waals surface area contributed by atoms with Crippen molar-refractivity contribution in [1.29, 1.82) is 0 Å². The lowest BCUT2D eigenvalue weighted by Gasteiger charge is -2.16. The van der Waals surface area contributed by atoms with Gasteiger partial charge in [-0.2, -0.15) is 0 Å². The van der Waals surface area contributed by atoms with E-state index in [0.29, 0.717) is 6.10 Å². The Labute approximate surface area is 132 Å². The second-order valence-corrected chi connectivity index (χ2v) is 7.58. The maximum atomic E-state index is 5.80. The topological polar surface area (TPSA) is 21.3 Å². The molecule has 4 rings (SSSR count). The van der Waals surface area contributed by atoms with Crippen LogP contribution in [0.4, 0.5) is 0 Å². The normalized spacial score (nSPS) is 18.7. The molecule has 0 bridgehead atoms. The van der Waals surface area contributed by atoms with E-state index in [0.717, 1.165) is 12.2 Å². The number of ether oxygens (including phenoxy) is 1.